The third-order valence-electron chi connectivity index (χ3n) is 3.62. The minimum atomic E-state index is -0.128. The molecule has 1 aliphatic heterocycles. The molecular formula is C17H16IN3O. The first-order valence-corrected chi connectivity index (χ1v) is 6.76. The Hall–Kier alpha value is -2.07. The zero-order chi connectivity index (χ0) is 14.8. The summed E-state index contributed by atoms with van der Waals surface area (Å²) in [6, 6.07) is 9.78. The van der Waals surface area contributed by atoms with Crippen LogP contribution in [0.15, 0.2) is 42.7 Å². The SMILES string of the molecule is C#Cc1c[n+](C)ccc1NC(=O)N1Cc2ccccc2C1.[I-]. The molecule has 2 aromatic rings. The molecule has 2 heterocycles. The van der Waals surface area contributed by atoms with E-state index in [4.69, 9.17) is 6.42 Å². The maximum absolute atomic E-state index is 12.4. The van der Waals surface area contributed by atoms with E-state index in [9.17, 15) is 4.79 Å². The second kappa shape index (κ2) is 6.79. The fourth-order valence-electron chi connectivity index (χ4n) is 2.49. The van der Waals surface area contributed by atoms with Crippen molar-refractivity contribution in [3.8, 4) is 12.3 Å². The normalized spacial score (nSPS) is 12.1. The van der Waals surface area contributed by atoms with Gasteiger partial charge in [0.15, 0.2) is 12.4 Å². The zero-order valence-corrected chi connectivity index (χ0v) is 14.4. The van der Waals surface area contributed by atoms with Gasteiger partial charge in [-0.2, -0.15) is 0 Å². The average Bonchev–Trinajstić information content (AvgIpc) is 2.93. The number of anilines is 1. The first-order valence-electron chi connectivity index (χ1n) is 6.76. The number of rotatable bonds is 1. The third kappa shape index (κ3) is 3.22. The largest absolute Gasteiger partial charge is 1.00 e. The van der Waals surface area contributed by atoms with E-state index in [0.717, 1.165) is 0 Å². The molecule has 4 nitrogen and oxygen atoms in total. The number of hydrogen-bond donors (Lipinski definition) is 1. The van der Waals surface area contributed by atoms with E-state index in [-0.39, 0.29) is 30.0 Å². The maximum Gasteiger partial charge on any atom is 0.322 e. The first kappa shape index (κ1) is 16.3. The van der Waals surface area contributed by atoms with Crippen LogP contribution in [0.2, 0.25) is 0 Å². The monoisotopic (exact) mass is 405 g/mol. The molecule has 0 atom stereocenters. The Morgan fingerprint density at radius 1 is 1.27 bits per heavy atom. The van der Waals surface area contributed by atoms with Crippen molar-refractivity contribution in [1.29, 1.82) is 0 Å². The smallest absolute Gasteiger partial charge is 0.322 e. The molecule has 0 fully saturated rings. The third-order valence-corrected chi connectivity index (χ3v) is 3.62. The first-order chi connectivity index (χ1) is 10.2. The minimum absolute atomic E-state index is 0. The molecule has 5 heteroatoms. The molecule has 0 bridgehead atoms. The van der Waals surface area contributed by atoms with E-state index in [2.05, 4.69) is 23.4 Å². The van der Waals surface area contributed by atoms with Crippen LogP contribution in [0.5, 0.6) is 0 Å². The average molecular weight is 405 g/mol. The lowest BCUT2D eigenvalue weighted by Gasteiger charge is -2.16. The number of urea groups is 1. The number of halogens is 1. The Kier molecular flexibility index (Phi) is 5.03. The lowest BCUT2D eigenvalue weighted by atomic mass is 10.1. The highest BCUT2D eigenvalue weighted by atomic mass is 127. The van der Waals surface area contributed by atoms with Crippen molar-refractivity contribution < 1.29 is 33.3 Å². The lowest BCUT2D eigenvalue weighted by Crippen LogP contribution is -3.00. The predicted octanol–water partition coefficient (Wildman–Crippen LogP) is -0.956. The summed E-state index contributed by atoms with van der Waals surface area (Å²) in [5.74, 6) is 2.60. The van der Waals surface area contributed by atoms with Crippen molar-refractivity contribution in [2.45, 2.75) is 13.1 Å². The van der Waals surface area contributed by atoms with Crippen molar-refractivity contribution >= 4 is 11.7 Å². The molecule has 1 aromatic heterocycles. The Labute approximate surface area is 147 Å². The topological polar surface area (TPSA) is 36.2 Å². The number of aryl methyl sites for hydroxylation is 1. The van der Waals surface area contributed by atoms with Gasteiger partial charge in [0.1, 0.15) is 12.6 Å². The Morgan fingerprint density at radius 2 is 1.91 bits per heavy atom. The standard InChI is InChI=1S/C17H15N3O.HI/c1-3-13-10-19(2)9-8-16(13)18-17(21)20-11-14-6-4-5-7-15(14)12-20;/h1,4-10H,11-12H2,2H3;1H. The van der Waals surface area contributed by atoms with Gasteiger partial charge in [-0.1, -0.05) is 30.2 Å². The van der Waals surface area contributed by atoms with Gasteiger partial charge in [-0.3, -0.25) is 0 Å². The summed E-state index contributed by atoms with van der Waals surface area (Å²) >= 11 is 0. The molecule has 22 heavy (non-hydrogen) atoms. The molecule has 112 valence electrons. The van der Waals surface area contributed by atoms with Crippen molar-refractivity contribution in [1.82, 2.24) is 4.90 Å². The van der Waals surface area contributed by atoms with Gasteiger partial charge < -0.3 is 34.2 Å². The fraction of sp³-hybridized carbons (Fsp3) is 0.176. The van der Waals surface area contributed by atoms with Crippen molar-refractivity contribution in [2.24, 2.45) is 7.05 Å². The summed E-state index contributed by atoms with van der Waals surface area (Å²) < 4.78 is 1.86. The Bertz CT molecular complexity index is 727. The number of hydrogen-bond acceptors (Lipinski definition) is 1. The number of amides is 2. The number of benzene rings is 1. The molecule has 0 radical (unpaired) electrons. The number of terminal acetylenes is 1. The van der Waals surface area contributed by atoms with Crippen molar-refractivity contribution in [2.75, 3.05) is 5.32 Å². The number of pyridine rings is 1. The van der Waals surface area contributed by atoms with Gasteiger partial charge in [-0.05, 0) is 11.1 Å². The van der Waals surface area contributed by atoms with Crippen molar-refractivity contribution in [3.63, 3.8) is 0 Å². The van der Waals surface area contributed by atoms with Crippen LogP contribution in [0.25, 0.3) is 0 Å². The van der Waals surface area contributed by atoms with Crippen LogP contribution < -0.4 is 33.9 Å². The predicted molar refractivity (Wildman–Crippen MR) is 80.3 cm³/mol. The lowest BCUT2D eigenvalue weighted by molar-refractivity contribution is -0.671. The van der Waals surface area contributed by atoms with Gasteiger partial charge in [-0.15, -0.1) is 6.42 Å². The summed E-state index contributed by atoms with van der Waals surface area (Å²) in [5.41, 5.74) is 3.73. The van der Waals surface area contributed by atoms with Crippen LogP contribution >= 0.6 is 0 Å². The van der Waals surface area contributed by atoms with E-state index >= 15 is 0 Å². The molecular weight excluding hydrogens is 389 g/mol. The molecule has 0 saturated heterocycles. The van der Waals surface area contributed by atoms with E-state index in [1.807, 2.05) is 42.2 Å². The van der Waals surface area contributed by atoms with Crippen LogP contribution in [0.4, 0.5) is 10.5 Å². The van der Waals surface area contributed by atoms with E-state index in [1.54, 1.807) is 4.90 Å². The number of nitrogens with zero attached hydrogens (tertiary/aromatic N) is 2. The Balaban J connectivity index is 0.00000176. The van der Waals surface area contributed by atoms with Gasteiger partial charge in [0.05, 0.1) is 5.69 Å². The Morgan fingerprint density at radius 3 is 2.50 bits per heavy atom. The molecule has 0 spiro atoms. The number of fused-ring (bicyclic) bond motifs is 1. The summed E-state index contributed by atoms with van der Waals surface area (Å²) in [4.78, 5) is 14.2. The summed E-state index contributed by atoms with van der Waals surface area (Å²) in [7, 11) is 1.89. The minimum Gasteiger partial charge on any atom is -1.00 e. The molecule has 0 unspecified atom stereocenters. The molecule has 0 aliphatic carbocycles. The molecule has 3 rings (SSSR count). The molecule has 1 aliphatic rings. The van der Waals surface area contributed by atoms with Gasteiger partial charge in [0.2, 0.25) is 0 Å². The number of nitrogens with one attached hydrogen (secondary N) is 1. The number of aromatic nitrogens is 1. The molecule has 1 N–H and O–H groups in total. The fourth-order valence-corrected chi connectivity index (χ4v) is 2.49. The van der Waals surface area contributed by atoms with E-state index < -0.39 is 0 Å². The number of carbonyl (C=O) groups is 1. The van der Waals surface area contributed by atoms with Gasteiger partial charge in [0.25, 0.3) is 0 Å². The van der Waals surface area contributed by atoms with E-state index in [0.29, 0.717) is 24.3 Å². The molecule has 0 saturated carbocycles. The highest BCUT2D eigenvalue weighted by Crippen LogP contribution is 2.23. The van der Waals surface area contributed by atoms with Crippen LogP contribution in [0, 0.1) is 12.3 Å². The van der Waals surface area contributed by atoms with Gasteiger partial charge in [-0.25, -0.2) is 9.36 Å². The van der Waals surface area contributed by atoms with Gasteiger partial charge >= 0.3 is 6.03 Å². The van der Waals surface area contributed by atoms with Gasteiger partial charge in [0, 0.05) is 19.2 Å². The van der Waals surface area contributed by atoms with E-state index in [1.165, 1.54) is 11.1 Å². The summed E-state index contributed by atoms with van der Waals surface area (Å²) in [6.07, 6.45) is 9.16. The molecule has 1 aromatic carbocycles. The molecule has 2 amide bonds. The highest BCUT2D eigenvalue weighted by Gasteiger charge is 2.23. The second-order valence-corrected chi connectivity index (χ2v) is 5.14. The zero-order valence-electron chi connectivity index (χ0n) is 12.2. The van der Waals surface area contributed by atoms with Crippen LogP contribution in [-0.4, -0.2) is 10.9 Å². The maximum atomic E-state index is 12.4. The second-order valence-electron chi connectivity index (χ2n) is 5.14. The summed E-state index contributed by atoms with van der Waals surface area (Å²) in [6.45, 7) is 1.27. The highest BCUT2D eigenvalue weighted by molar-refractivity contribution is 5.91. The summed E-state index contributed by atoms with van der Waals surface area (Å²) in [5, 5.41) is 2.90. The van der Waals surface area contributed by atoms with Crippen molar-refractivity contribution in [3.05, 3.63) is 59.4 Å². The van der Waals surface area contributed by atoms with Crippen LogP contribution in [0.3, 0.4) is 0 Å². The number of carbonyl (C=O) groups excluding carboxylic acids is 1. The quantitative estimate of drug-likeness (QED) is 0.371. The van der Waals surface area contributed by atoms with Crippen LogP contribution in [0.1, 0.15) is 16.7 Å². The van der Waals surface area contributed by atoms with Crippen LogP contribution in [-0.2, 0) is 20.1 Å².